The lowest BCUT2D eigenvalue weighted by Crippen LogP contribution is -2.37. The van der Waals surface area contributed by atoms with Gasteiger partial charge in [-0.2, -0.15) is 5.26 Å². The highest BCUT2D eigenvalue weighted by Crippen LogP contribution is 2.21. The second-order valence-electron chi connectivity index (χ2n) is 5.48. The Hall–Kier alpha value is -0.590. The van der Waals surface area contributed by atoms with E-state index in [1.165, 1.54) is 0 Å². The van der Waals surface area contributed by atoms with Crippen LogP contribution in [0.3, 0.4) is 0 Å². The fraction of sp³-hybridized carbons (Fsp3) is 0.923. The van der Waals surface area contributed by atoms with Gasteiger partial charge in [0.15, 0.2) is 0 Å². The summed E-state index contributed by atoms with van der Waals surface area (Å²) in [6, 6.07) is 2.31. The van der Waals surface area contributed by atoms with E-state index in [0.29, 0.717) is 6.54 Å². The van der Waals surface area contributed by atoms with Gasteiger partial charge in [-0.25, -0.2) is 0 Å². The van der Waals surface area contributed by atoms with Gasteiger partial charge >= 0.3 is 0 Å². The Morgan fingerprint density at radius 3 is 2.38 bits per heavy atom. The molecule has 0 aliphatic rings. The molecule has 3 nitrogen and oxygen atoms in total. The van der Waals surface area contributed by atoms with Gasteiger partial charge in [0.25, 0.3) is 0 Å². The maximum Gasteiger partial charge on any atom is 0.0740 e. The van der Waals surface area contributed by atoms with E-state index in [1.54, 1.807) is 0 Å². The largest absolute Gasteiger partial charge is 0.389 e. The lowest BCUT2D eigenvalue weighted by atomic mass is 9.89. The lowest BCUT2D eigenvalue weighted by Gasteiger charge is -2.21. The molecule has 0 spiro atoms. The molecule has 0 radical (unpaired) electrons. The molecule has 0 heterocycles. The predicted octanol–water partition coefficient (Wildman–Crippen LogP) is 2.46. The number of nitrogens with one attached hydrogen (secondary N) is 1. The Balaban J connectivity index is 3.46. The van der Waals surface area contributed by atoms with Gasteiger partial charge in [0.2, 0.25) is 0 Å². The number of rotatable bonds is 8. The summed E-state index contributed by atoms with van der Waals surface area (Å²) in [4.78, 5) is 0. The standard InChI is InChI=1S/C13H26N2O/c1-5-13(4,16)11-15-9-7-6-8-12(2,3)10-14/h15-16H,5-9,11H2,1-4H3. The van der Waals surface area contributed by atoms with Crippen LogP contribution < -0.4 is 5.32 Å². The third-order valence-corrected chi connectivity index (χ3v) is 2.98. The van der Waals surface area contributed by atoms with Crippen molar-refractivity contribution in [3.8, 4) is 6.07 Å². The van der Waals surface area contributed by atoms with Crippen LogP contribution in [0.25, 0.3) is 0 Å². The van der Waals surface area contributed by atoms with E-state index >= 15 is 0 Å². The van der Waals surface area contributed by atoms with Crippen LogP contribution in [0.2, 0.25) is 0 Å². The predicted molar refractivity (Wildman–Crippen MR) is 67.0 cm³/mol. The zero-order chi connectivity index (χ0) is 12.7. The van der Waals surface area contributed by atoms with Crippen LogP contribution in [-0.2, 0) is 0 Å². The molecular formula is C13H26N2O. The van der Waals surface area contributed by atoms with Crippen LogP contribution in [0.1, 0.15) is 53.4 Å². The smallest absolute Gasteiger partial charge is 0.0740 e. The minimum Gasteiger partial charge on any atom is -0.389 e. The molecule has 16 heavy (non-hydrogen) atoms. The highest BCUT2D eigenvalue weighted by atomic mass is 16.3. The molecular weight excluding hydrogens is 200 g/mol. The number of hydrogen-bond donors (Lipinski definition) is 2. The molecule has 0 fully saturated rings. The molecule has 0 bridgehead atoms. The first-order chi connectivity index (χ1) is 7.33. The van der Waals surface area contributed by atoms with Crippen LogP contribution >= 0.6 is 0 Å². The minimum absolute atomic E-state index is 0.199. The molecule has 0 aromatic rings. The van der Waals surface area contributed by atoms with Crippen molar-refractivity contribution in [2.75, 3.05) is 13.1 Å². The van der Waals surface area contributed by atoms with Crippen LogP contribution in [0.15, 0.2) is 0 Å². The zero-order valence-electron chi connectivity index (χ0n) is 11.1. The summed E-state index contributed by atoms with van der Waals surface area (Å²) in [5, 5.41) is 21.8. The first-order valence-corrected chi connectivity index (χ1v) is 6.17. The van der Waals surface area contributed by atoms with Crippen molar-refractivity contribution >= 4 is 0 Å². The van der Waals surface area contributed by atoms with Crippen molar-refractivity contribution in [2.24, 2.45) is 5.41 Å². The molecule has 1 unspecified atom stereocenters. The lowest BCUT2D eigenvalue weighted by molar-refractivity contribution is 0.0559. The molecule has 94 valence electrons. The average Bonchev–Trinajstić information content (AvgIpc) is 2.23. The van der Waals surface area contributed by atoms with Crippen molar-refractivity contribution in [3.63, 3.8) is 0 Å². The third kappa shape index (κ3) is 7.67. The van der Waals surface area contributed by atoms with Gasteiger partial charge in [-0.05, 0) is 46.6 Å². The van der Waals surface area contributed by atoms with E-state index in [4.69, 9.17) is 5.26 Å². The normalized spacial score (nSPS) is 15.5. The maximum absolute atomic E-state index is 9.74. The van der Waals surface area contributed by atoms with Crippen molar-refractivity contribution in [1.82, 2.24) is 5.32 Å². The molecule has 0 rings (SSSR count). The SMILES string of the molecule is CCC(C)(O)CNCCCCC(C)(C)C#N. The fourth-order valence-electron chi connectivity index (χ4n) is 1.36. The van der Waals surface area contributed by atoms with Crippen LogP contribution in [0.4, 0.5) is 0 Å². The van der Waals surface area contributed by atoms with E-state index in [-0.39, 0.29) is 5.41 Å². The van der Waals surface area contributed by atoms with Crippen molar-refractivity contribution in [2.45, 2.75) is 59.0 Å². The molecule has 0 amide bonds. The van der Waals surface area contributed by atoms with Gasteiger partial charge in [0.05, 0.1) is 17.1 Å². The number of hydrogen-bond acceptors (Lipinski definition) is 3. The third-order valence-electron chi connectivity index (χ3n) is 2.98. The summed E-state index contributed by atoms with van der Waals surface area (Å²) in [5.41, 5.74) is -0.791. The molecule has 0 aromatic heterocycles. The highest BCUT2D eigenvalue weighted by molar-refractivity contribution is 4.91. The average molecular weight is 226 g/mol. The molecule has 0 aliphatic heterocycles. The summed E-state index contributed by atoms with van der Waals surface area (Å²) >= 11 is 0. The Kier molecular flexibility index (Phi) is 6.62. The fourth-order valence-corrected chi connectivity index (χ4v) is 1.36. The monoisotopic (exact) mass is 226 g/mol. The van der Waals surface area contributed by atoms with Crippen LogP contribution in [0.5, 0.6) is 0 Å². The summed E-state index contributed by atoms with van der Waals surface area (Å²) in [6.45, 7) is 9.34. The second kappa shape index (κ2) is 6.88. The molecule has 2 N–H and O–H groups in total. The summed E-state index contributed by atoms with van der Waals surface area (Å²) in [6.07, 6.45) is 3.82. The van der Waals surface area contributed by atoms with E-state index in [0.717, 1.165) is 32.2 Å². The van der Waals surface area contributed by atoms with Gasteiger partial charge in [-0.3, -0.25) is 0 Å². The number of aliphatic hydroxyl groups is 1. The minimum atomic E-state index is -0.591. The molecule has 0 aliphatic carbocycles. The Morgan fingerprint density at radius 1 is 1.25 bits per heavy atom. The number of nitrogens with zero attached hydrogens (tertiary/aromatic N) is 1. The number of unbranched alkanes of at least 4 members (excludes halogenated alkanes) is 1. The highest BCUT2D eigenvalue weighted by Gasteiger charge is 2.17. The van der Waals surface area contributed by atoms with Gasteiger partial charge in [-0.15, -0.1) is 0 Å². The van der Waals surface area contributed by atoms with Crippen LogP contribution in [-0.4, -0.2) is 23.8 Å². The Labute approximate surface area is 99.9 Å². The Morgan fingerprint density at radius 2 is 1.88 bits per heavy atom. The van der Waals surface area contributed by atoms with E-state index in [9.17, 15) is 5.11 Å². The first kappa shape index (κ1) is 15.4. The van der Waals surface area contributed by atoms with Crippen molar-refractivity contribution in [3.05, 3.63) is 0 Å². The van der Waals surface area contributed by atoms with Crippen molar-refractivity contribution in [1.29, 1.82) is 5.26 Å². The zero-order valence-corrected chi connectivity index (χ0v) is 11.1. The maximum atomic E-state index is 9.74. The molecule has 0 saturated heterocycles. The molecule has 3 heteroatoms. The molecule has 1 atom stereocenters. The molecule has 0 saturated carbocycles. The van der Waals surface area contributed by atoms with Crippen LogP contribution in [0, 0.1) is 16.7 Å². The van der Waals surface area contributed by atoms with E-state index in [2.05, 4.69) is 11.4 Å². The van der Waals surface area contributed by atoms with Gasteiger partial charge in [0, 0.05) is 6.54 Å². The van der Waals surface area contributed by atoms with E-state index < -0.39 is 5.60 Å². The summed E-state index contributed by atoms with van der Waals surface area (Å²) < 4.78 is 0. The second-order valence-corrected chi connectivity index (χ2v) is 5.48. The van der Waals surface area contributed by atoms with Gasteiger partial charge in [-0.1, -0.05) is 13.3 Å². The number of nitriles is 1. The topological polar surface area (TPSA) is 56.0 Å². The van der Waals surface area contributed by atoms with Gasteiger partial charge < -0.3 is 10.4 Å². The van der Waals surface area contributed by atoms with Crippen molar-refractivity contribution < 1.29 is 5.11 Å². The quantitative estimate of drug-likeness (QED) is 0.625. The summed E-state index contributed by atoms with van der Waals surface area (Å²) in [5.74, 6) is 0. The Bertz CT molecular complexity index is 229. The van der Waals surface area contributed by atoms with Gasteiger partial charge in [0.1, 0.15) is 0 Å². The van der Waals surface area contributed by atoms with E-state index in [1.807, 2.05) is 27.7 Å². The molecule has 0 aromatic carbocycles. The first-order valence-electron chi connectivity index (χ1n) is 6.17. The summed E-state index contributed by atoms with van der Waals surface area (Å²) in [7, 11) is 0.